The van der Waals surface area contributed by atoms with E-state index in [1.165, 1.54) is 6.42 Å². The Kier molecular flexibility index (Phi) is 4.22. The fourth-order valence-electron chi connectivity index (χ4n) is 4.00. The normalized spacial score (nSPS) is 33.0. The number of nitrogens with one attached hydrogen (secondary N) is 1. The lowest BCUT2D eigenvalue weighted by atomic mass is 9.72. The summed E-state index contributed by atoms with van der Waals surface area (Å²) in [4.78, 5) is 14.7. The maximum atomic E-state index is 12.5. The first kappa shape index (κ1) is 16.2. The number of rotatable bonds is 5. The Labute approximate surface area is 132 Å². The standard InChI is InChI=1S/C16H28N2O4/c1-18-14(5-3-6-14)11-22-12-15(18,10-19)9-17-13(20)16(21-2)7-4-8-16/h19H,3-12H2,1-2H3,(H,17,20). The predicted molar refractivity (Wildman–Crippen MR) is 81.6 cm³/mol. The molecule has 0 aromatic heterocycles. The molecule has 3 rings (SSSR count). The fourth-order valence-corrected chi connectivity index (χ4v) is 4.00. The molecule has 1 spiro atoms. The third-order valence-corrected chi connectivity index (χ3v) is 6.29. The number of ether oxygens (including phenoxy) is 2. The van der Waals surface area contributed by atoms with Crippen molar-refractivity contribution in [1.82, 2.24) is 10.2 Å². The van der Waals surface area contributed by atoms with Gasteiger partial charge in [-0.25, -0.2) is 0 Å². The van der Waals surface area contributed by atoms with Crippen LogP contribution < -0.4 is 5.32 Å². The summed E-state index contributed by atoms with van der Waals surface area (Å²) in [6.07, 6.45) is 5.98. The lowest BCUT2D eigenvalue weighted by Gasteiger charge is -2.59. The number of hydrogen-bond donors (Lipinski definition) is 2. The van der Waals surface area contributed by atoms with Crippen molar-refractivity contribution in [1.29, 1.82) is 0 Å². The van der Waals surface area contributed by atoms with Crippen molar-refractivity contribution < 1.29 is 19.4 Å². The van der Waals surface area contributed by atoms with Gasteiger partial charge in [0.05, 0.1) is 25.4 Å². The van der Waals surface area contributed by atoms with Gasteiger partial charge in [-0.3, -0.25) is 9.69 Å². The second-order valence-corrected chi connectivity index (χ2v) is 7.25. The van der Waals surface area contributed by atoms with Gasteiger partial charge in [0.15, 0.2) is 0 Å². The Bertz CT molecular complexity index is 428. The topological polar surface area (TPSA) is 71.0 Å². The van der Waals surface area contributed by atoms with Crippen molar-refractivity contribution >= 4 is 5.91 Å². The van der Waals surface area contributed by atoms with Crippen molar-refractivity contribution in [2.45, 2.75) is 55.2 Å². The van der Waals surface area contributed by atoms with E-state index in [0.29, 0.717) is 13.2 Å². The van der Waals surface area contributed by atoms with E-state index >= 15 is 0 Å². The number of carbonyl (C=O) groups is 1. The summed E-state index contributed by atoms with van der Waals surface area (Å²) in [5.41, 5.74) is -1.15. The van der Waals surface area contributed by atoms with Gasteiger partial charge in [0.2, 0.25) is 0 Å². The van der Waals surface area contributed by atoms with E-state index in [4.69, 9.17) is 9.47 Å². The molecule has 1 unspecified atom stereocenters. The van der Waals surface area contributed by atoms with Crippen LogP contribution in [0.5, 0.6) is 0 Å². The Hall–Kier alpha value is -0.690. The van der Waals surface area contributed by atoms with Crippen molar-refractivity contribution in [3.63, 3.8) is 0 Å². The third-order valence-electron chi connectivity index (χ3n) is 6.29. The van der Waals surface area contributed by atoms with Gasteiger partial charge in [0.25, 0.3) is 5.91 Å². The van der Waals surface area contributed by atoms with Gasteiger partial charge in [-0.1, -0.05) is 0 Å². The maximum Gasteiger partial charge on any atom is 0.252 e. The number of aliphatic hydroxyl groups excluding tert-OH is 1. The minimum Gasteiger partial charge on any atom is -0.394 e. The number of hydrogen-bond acceptors (Lipinski definition) is 5. The summed E-state index contributed by atoms with van der Waals surface area (Å²) in [5, 5.41) is 13.0. The summed E-state index contributed by atoms with van der Waals surface area (Å²) in [5.74, 6) is -0.0595. The van der Waals surface area contributed by atoms with Crippen LogP contribution >= 0.6 is 0 Å². The van der Waals surface area contributed by atoms with Gasteiger partial charge < -0.3 is 19.9 Å². The number of amides is 1. The molecule has 1 amide bonds. The van der Waals surface area contributed by atoms with Crippen molar-refractivity contribution in [2.75, 3.05) is 40.5 Å². The van der Waals surface area contributed by atoms with Crippen LogP contribution in [0.15, 0.2) is 0 Å². The first-order chi connectivity index (χ1) is 10.5. The number of likely N-dealkylation sites (N-methyl/N-ethyl adjacent to an activating group) is 1. The van der Waals surface area contributed by atoms with Gasteiger partial charge in [-0.2, -0.15) is 0 Å². The number of morpholine rings is 1. The monoisotopic (exact) mass is 312 g/mol. The zero-order chi connectivity index (χ0) is 15.8. The zero-order valence-corrected chi connectivity index (χ0v) is 13.7. The number of methoxy groups -OCH3 is 1. The molecule has 2 aliphatic carbocycles. The summed E-state index contributed by atoms with van der Waals surface area (Å²) >= 11 is 0. The number of carbonyl (C=O) groups excluding carboxylic acids is 1. The van der Waals surface area contributed by atoms with E-state index < -0.39 is 11.1 Å². The average molecular weight is 312 g/mol. The highest BCUT2D eigenvalue weighted by Crippen LogP contribution is 2.43. The Morgan fingerprint density at radius 3 is 2.41 bits per heavy atom. The van der Waals surface area contributed by atoms with Gasteiger partial charge in [-0.15, -0.1) is 0 Å². The largest absolute Gasteiger partial charge is 0.394 e. The molecule has 0 aromatic rings. The van der Waals surface area contributed by atoms with E-state index in [0.717, 1.165) is 38.7 Å². The molecule has 0 aromatic carbocycles. The summed E-state index contributed by atoms with van der Waals surface area (Å²) in [7, 11) is 3.65. The molecule has 3 aliphatic rings. The molecule has 1 saturated heterocycles. The number of aliphatic hydroxyl groups is 1. The lowest BCUT2D eigenvalue weighted by molar-refractivity contribution is -0.183. The molecule has 0 radical (unpaired) electrons. The molecule has 1 heterocycles. The first-order valence-electron chi connectivity index (χ1n) is 8.29. The van der Waals surface area contributed by atoms with Crippen LogP contribution in [0.2, 0.25) is 0 Å². The van der Waals surface area contributed by atoms with Crippen LogP contribution in [0.3, 0.4) is 0 Å². The summed E-state index contributed by atoms with van der Waals surface area (Å²) < 4.78 is 11.2. The average Bonchev–Trinajstić information content (AvgIpc) is 2.44. The van der Waals surface area contributed by atoms with E-state index in [1.54, 1.807) is 7.11 Å². The molecule has 126 valence electrons. The molecular weight excluding hydrogens is 284 g/mol. The van der Waals surface area contributed by atoms with Gasteiger partial charge in [-0.05, 0) is 45.6 Å². The van der Waals surface area contributed by atoms with Crippen LogP contribution in [0, 0.1) is 0 Å². The predicted octanol–water partition coefficient (Wildman–Crippen LogP) is 0.288. The molecule has 1 atom stereocenters. The second-order valence-electron chi connectivity index (χ2n) is 7.25. The molecule has 2 N–H and O–H groups in total. The molecular formula is C16H28N2O4. The quantitative estimate of drug-likeness (QED) is 0.763. The smallest absolute Gasteiger partial charge is 0.252 e. The highest BCUT2D eigenvalue weighted by atomic mass is 16.5. The maximum absolute atomic E-state index is 12.5. The van der Waals surface area contributed by atoms with Gasteiger partial charge >= 0.3 is 0 Å². The molecule has 1 aliphatic heterocycles. The van der Waals surface area contributed by atoms with Crippen LogP contribution in [0.25, 0.3) is 0 Å². The highest BCUT2D eigenvalue weighted by molar-refractivity contribution is 5.86. The summed E-state index contributed by atoms with van der Waals surface area (Å²) in [6.45, 7) is 1.54. The van der Waals surface area contributed by atoms with Crippen LogP contribution in [-0.4, -0.2) is 73.1 Å². The molecule has 3 fully saturated rings. The minimum atomic E-state index is -0.654. The molecule has 2 saturated carbocycles. The van der Waals surface area contributed by atoms with Gasteiger partial charge in [0, 0.05) is 19.2 Å². The number of nitrogens with zero attached hydrogens (tertiary/aromatic N) is 1. The summed E-state index contributed by atoms with van der Waals surface area (Å²) in [6, 6.07) is 0. The van der Waals surface area contributed by atoms with Crippen LogP contribution in [0.4, 0.5) is 0 Å². The SMILES string of the molecule is COC1(C(=O)NCC2(CO)COCC3(CCC3)N2C)CCC1. The van der Waals surface area contributed by atoms with Crippen molar-refractivity contribution in [2.24, 2.45) is 0 Å². The van der Waals surface area contributed by atoms with E-state index in [1.807, 2.05) is 0 Å². The van der Waals surface area contributed by atoms with Gasteiger partial charge in [0.1, 0.15) is 5.60 Å². The van der Waals surface area contributed by atoms with E-state index in [9.17, 15) is 9.90 Å². The Morgan fingerprint density at radius 1 is 1.27 bits per heavy atom. The Morgan fingerprint density at radius 2 is 1.95 bits per heavy atom. The van der Waals surface area contributed by atoms with Crippen molar-refractivity contribution in [3.05, 3.63) is 0 Å². The van der Waals surface area contributed by atoms with Crippen molar-refractivity contribution in [3.8, 4) is 0 Å². The fraction of sp³-hybridized carbons (Fsp3) is 0.938. The molecule has 22 heavy (non-hydrogen) atoms. The zero-order valence-electron chi connectivity index (χ0n) is 13.7. The molecule has 0 bridgehead atoms. The molecule has 6 nitrogen and oxygen atoms in total. The second kappa shape index (κ2) is 5.74. The molecule has 6 heteroatoms. The highest BCUT2D eigenvalue weighted by Gasteiger charge is 2.53. The third kappa shape index (κ3) is 2.28. The first-order valence-corrected chi connectivity index (χ1v) is 8.29. The van der Waals surface area contributed by atoms with Crippen LogP contribution in [0.1, 0.15) is 38.5 Å². The Balaban J connectivity index is 1.67. The van der Waals surface area contributed by atoms with E-state index in [-0.39, 0.29) is 18.1 Å². The lowest BCUT2D eigenvalue weighted by Crippen LogP contribution is -2.73. The minimum absolute atomic E-state index is 0.0223. The van der Waals surface area contributed by atoms with Crippen LogP contribution in [-0.2, 0) is 14.3 Å². The van der Waals surface area contributed by atoms with E-state index in [2.05, 4.69) is 17.3 Å².